The molecule has 6 nitrogen and oxygen atoms in total. The zero-order valence-electron chi connectivity index (χ0n) is 20.0. The quantitative estimate of drug-likeness (QED) is 0.170. The van der Waals surface area contributed by atoms with Crippen molar-refractivity contribution in [3.63, 3.8) is 0 Å². The molecule has 0 saturated heterocycles. The molecule has 1 saturated carbocycles. The van der Waals surface area contributed by atoms with Crippen LogP contribution >= 0.6 is 11.6 Å². The van der Waals surface area contributed by atoms with Crippen LogP contribution in [0.15, 0.2) is 78.9 Å². The van der Waals surface area contributed by atoms with E-state index >= 15 is 0 Å². The Kier molecular flexibility index (Phi) is 7.65. The number of rotatable bonds is 7. The fourth-order valence-corrected chi connectivity index (χ4v) is 5.05. The molecule has 0 spiro atoms. The minimum atomic E-state index is -1.18. The lowest BCUT2D eigenvalue weighted by molar-refractivity contribution is -0.533. The first-order valence-corrected chi connectivity index (χ1v) is 12.0. The molecule has 0 N–H and O–H groups in total. The highest BCUT2D eigenvalue weighted by Gasteiger charge is 2.53. The van der Waals surface area contributed by atoms with E-state index in [1.165, 1.54) is 13.2 Å². The van der Waals surface area contributed by atoms with Crippen LogP contribution in [0, 0.1) is 23.0 Å². The van der Waals surface area contributed by atoms with E-state index in [2.05, 4.69) is 0 Å². The number of hydrogen-bond donors (Lipinski definition) is 0. The summed E-state index contributed by atoms with van der Waals surface area (Å²) >= 11 is 6.07. The molecule has 184 valence electrons. The number of methoxy groups -OCH3 is 1. The Morgan fingerprint density at radius 1 is 1.00 bits per heavy atom. The third-order valence-corrected chi connectivity index (χ3v) is 7.03. The molecule has 0 aromatic heterocycles. The van der Waals surface area contributed by atoms with Gasteiger partial charge in [0.1, 0.15) is 11.5 Å². The number of nitro groups is 1. The van der Waals surface area contributed by atoms with Crippen molar-refractivity contribution in [2.75, 3.05) is 7.11 Å². The number of halogens is 1. The number of nitrogens with zero attached hydrogens (tertiary/aromatic N) is 1. The number of Topliss-reactive ketones (excluding diaryl/α,β-unsaturated/α-hetero) is 1. The van der Waals surface area contributed by atoms with E-state index in [0.29, 0.717) is 21.9 Å². The van der Waals surface area contributed by atoms with Crippen molar-refractivity contribution < 1.29 is 19.2 Å². The van der Waals surface area contributed by atoms with E-state index in [1.54, 1.807) is 54.6 Å². The molecule has 1 fully saturated rings. The third-order valence-electron chi connectivity index (χ3n) is 6.77. The molecule has 1 aliphatic rings. The number of ketones is 2. The molecular weight excluding hydrogens is 478 g/mol. The van der Waals surface area contributed by atoms with Crippen LogP contribution in [0.5, 0.6) is 5.75 Å². The van der Waals surface area contributed by atoms with Gasteiger partial charge < -0.3 is 4.74 Å². The van der Waals surface area contributed by atoms with Gasteiger partial charge in [-0.15, -0.1) is 0 Å². The molecule has 4 rings (SSSR count). The normalized spacial score (nSPS) is 21.9. The lowest BCUT2D eigenvalue weighted by Gasteiger charge is -2.36. The summed E-state index contributed by atoms with van der Waals surface area (Å²) in [6.07, 6.45) is 2.91. The number of benzene rings is 3. The Labute approximate surface area is 214 Å². The second-order valence-corrected chi connectivity index (χ2v) is 9.46. The van der Waals surface area contributed by atoms with Gasteiger partial charge in [0.25, 0.3) is 0 Å². The van der Waals surface area contributed by atoms with Crippen LogP contribution in [0.25, 0.3) is 6.08 Å². The van der Waals surface area contributed by atoms with Crippen LogP contribution in [-0.2, 0) is 9.59 Å². The van der Waals surface area contributed by atoms with Crippen LogP contribution < -0.4 is 4.74 Å². The van der Waals surface area contributed by atoms with Crippen molar-refractivity contribution in [2.45, 2.75) is 31.2 Å². The number of allylic oxidation sites excluding steroid dienone is 1. The number of carbonyl (C=O) groups excluding carboxylic acids is 2. The van der Waals surface area contributed by atoms with E-state index < -0.39 is 29.6 Å². The standard InChI is InChI=1S/C29H26ClNO5/c1-18-3-5-19(6-4-18)7-16-25(32)28-26(33)17-24(20-10-14-23(36-2)15-11-20)29(31(34)35)27(28)21-8-12-22(30)13-9-21/h3-16,24,27-29H,17H2,1-2H3/b16-7+/t24-,27?,28?,29+/m1/s1. The molecule has 0 radical (unpaired) electrons. The number of carbonyl (C=O) groups is 2. The highest BCUT2D eigenvalue weighted by atomic mass is 35.5. The molecule has 0 aliphatic heterocycles. The fourth-order valence-electron chi connectivity index (χ4n) is 4.93. The van der Waals surface area contributed by atoms with E-state index in [-0.39, 0.29) is 17.1 Å². The fraction of sp³-hybridized carbons (Fsp3) is 0.241. The molecule has 7 heteroatoms. The molecule has 0 bridgehead atoms. The van der Waals surface area contributed by atoms with E-state index in [4.69, 9.17) is 16.3 Å². The summed E-state index contributed by atoms with van der Waals surface area (Å²) in [6, 6.07) is 19.9. The van der Waals surface area contributed by atoms with Crippen LogP contribution in [0.3, 0.4) is 0 Å². The minimum absolute atomic E-state index is 0.100. The number of ether oxygens (including phenoxy) is 1. The second kappa shape index (κ2) is 10.9. The van der Waals surface area contributed by atoms with E-state index in [0.717, 1.165) is 11.1 Å². The first-order valence-electron chi connectivity index (χ1n) is 11.6. The van der Waals surface area contributed by atoms with Gasteiger partial charge in [-0.3, -0.25) is 19.7 Å². The minimum Gasteiger partial charge on any atom is -0.497 e. The van der Waals surface area contributed by atoms with Crippen molar-refractivity contribution in [1.29, 1.82) is 0 Å². The zero-order valence-corrected chi connectivity index (χ0v) is 20.7. The second-order valence-electron chi connectivity index (χ2n) is 9.03. The van der Waals surface area contributed by atoms with E-state index in [9.17, 15) is 19.7 Å². The Morgan fingerprint density at radius 2 is 1.61 bits per heavy atom. The highest BCUT2D eigenvalue weighted by molar-refractivity contribution is 6.30. The Balaban J connectivity index is 1.76. The smallest absolute Gasteiger partial charge is 0.228 e. The average Bonchev–Trinajstić information content (AvgIpc) is 2.88. The molecule has 0 heterocycles. The molecule has 4 atom stereocenters. The van der Waals surface area contributed by atoms with Gasteiger partial charge in [0.2, 0.25) is 6.04 Å². The summed E-state index contributed by atoms with van der Waals surface area (Å²) in [5.74, 6) is -2.95. The lowest BCUT2D eigenvalue weighted by atomic mass is 9.64. The van der Waals surface area contributed by atoms with Crippen molar-refractivity contribution >= 4 is 29.2 Å². The van der Waals surface area contributed by atoms with E-state index in [1.807, 2.05) is 31.2 Å². The van der Waals surface area contributed by atoms with Crippen LogP contribution in [-0.4, -0.2) is 29.6 Å². The summed E-state index contributed by atoms with van der Waals surface area (Å²) in [4.78, 5) is 39.1. The van der Waals surface area contributed by atoms with Gasteiger partial charge in [-0.25, -0.2) is 0 Å². The van der Waals surface area contributed by atoms with Gasteiger partial charge in [-0.05, 0) is 54.0 Å². The molecule has 1 aliphatic carbocycles. The lowest BCUT2D eigenvalue weighted by Crippen LogP contribution is -2.48. The van der Waals surface area contributed by atoms with Crippen LogP contribution in [0.2, 0.25) is 5.02 Å². The Morgan fingerprint density at radius 3 is 2.19 bits per heavy atom. The maximum absolute atomic E-state index is 13.5. The van der Waals surface area contributed by atoms with Crippen molar-refractivity contribution in [1.82, 2.24) is 0 Å². The maximum Gasteiger partial charge on any atom is 0.228 e. The van der Waals surface area contributed by atoms with Gasteiger partial charge in [0.15, 0.2) is 5.78 Å². The highest BCUT2D eigenvalue weighted by Crippen LogP contribution is 2.45. The summed E-state index contributed by atoms with van der Waals surface area (Å²) in [5, 5.41) is 13.0. The molecule has 3 aromatic carbocycles. The van der Waals surface area contributed by atoms with Gasteiger partial charge in [0, 0.05) is 16.4 Å². The zero-order chi connectivity index (χ0) is 25.8. The first-order chi connectivity index (χ1) is 17.3. The van der Waals surface area contributed by atoms with Crippen molar-refractivity contribution in [3.8, 4) is 5.75 Å². The first kappa shape index (κ1) is 25.3. The van der Waals surface area contributed by atoms with Crippen LogP contribution in [0.4, 0.5) is 0 Å². The van der Waals surface area contributed by atoms with Gasteiger partial charge in [-0.2, -0.15) is 0 Å². The summed E-state index contributed by atoms with van der Waals surface area (Å²) < 4.78 is 5.21. The monoisotopic (exact) mass is 503 g/mol. The molecule has 2 unspecified atom stereocenters. The van der Waals surface area contributed by atoms with Crippen molar-refractivity contribution in [3.05, 3.63) is 116 Å². The average molecular weight is 504 g/mol. The topological polar surface area (TPSA) is 86.5 Å². The predicted octanol–water partition coefficient (Wildman–Crippen LogP) is 6.04. The maximum atomic E-state index is 13.5. The third kappa shape index (κ3) is 5.39. The molecule has 0 amide bonds. The van der Waals surface area contributed by atoms with Gasteiger partial charge in [0.05, 0.1) is 24.9 Å². The molecule has 36 heavy (non-hydrogen) atoms. The summed E-state index contributed by atoms with van der Waals surface area (Å²) in [6.45, 7) is 1.97. The Hall–Kier alpha value is -3.77. The largest absolute Gasteiger partial charge is 0.497 e. The van der Waals surface area contributed by atoms with Gasteiger partial charge >= 0.3 is 0 Å². The number of hydrogen-bond acceptors (Lipinski definition) is 5. The van der Waals surface area contributed by atoms with Crippen LogP contribution in [0.1, 0.15) is 40.5 Å². The molecular formula is C29H26ClNO5. The Bertz CT molecular complexity index is 1280. The number of aryl methyl sites for hydroxylation is 1. The summed E-state index contributed by atoms with van der Waals surface area (Å²) in [7, 11) is 1.54. The van der Waals surface area contributed by atoms with Gasteiger partial charge in [-0.1, -0.05) is 71.8 Å². The predicted molar refractivity (Wildman–Crippen MR) is 139 cm³/mol. The SMILES string of the molecule is COc1ccc([C@H]2CC(=O)C(C(=O)/C=C/c3ccc(C)cc3)C(c3ccc(Cl)cc3)[C@H]2[N+](=O)[O-])cc1. The van der Waals surface area contributed by atoms with Crippen molar-refractivity contribution in [2.24, 2.45) is 5.92 Å². The summed E-state index contributed by atoms with van der Waals surface area (Å²) in [5.41, 5.74) is 3.09. The molecule has 3 aromatic rings.